The van der Waals surface area contributed by atoms with E-state index in [1.807, 2.05) is 6.26 Å². The topological polar surface area (TPSA) is 56.3 Å². The Bertz CT molecular complexity index is 369. The van der Waals surface area contributed by atoms with Gasteiger partial charge in [-0.25, -0.2) is 9.97 Å². The molecule has 0 aromatic carbocycles. The van der Waals surface area contributed by atoms with Crippen LogP contribution >= 0.6 is 23.4 Å². The number of aromatic nitrogens is 2. The predicted molar refractivity (Wildman–Crippen MR) is 79.2 cm³/mol. The van der Waals surface area contributed by atoms with Crippen LogP contribution < -0.4 is 5.32 Å². The van der Waals surface area contributed by atoms with Crippen LogP contribution in [0.1, 0.15) is 12.8 Å². The Kier molecular flexibility index (Phi) is 8.90. The summed E-state index contributed by atoms with van der Waals surface area (Å²) in [7, 11) is 1.67. The van der Waals surface area contributed by atoms with Crippen LogP contribution in [-0.4, -0.2) is 49.7 Å². The van der Waals surface area contributed by atoms with E-state index in [0.717, 1.165) is 31.8 Å². The van der Waals surface area contributed by atoms with E-state index in [1.165, 1.54) is 11.8 Å². The van der Waals surface area contributed by atoms with Gasteiger partial charge in [0.2, 0.25) is 0 Å². The molecule has 0 fully saturated rings. The Balaban J connectivity index is 2.13. The van der Waals surface area contributed by atoms with Crippen molar-refractivity contribution in [2.24, 2.45) is 0 Å². The fourth-order valence-corrected chi connectivity index (χ4v) is 1.98. The number of hydrogen-bond donors (Lipinski definition) is 1. The zero-order valence-corrected chi connectivity index (χ0v) is 12.9. The van der Waals surface area contributed by atoms with E-state index in [2.05, 4.69) is 15.3 Å². The summed E-state index contributed by atoms with van der Waals surface area (Å²) < 4.78 is 10.3. The summed E-state index contributed by atoms with van der Waals surface area (Å²) in [5, 5.41) is 4.37. The average molecular weight is 306 g/mol. The maximum Gasteiger partial charge on any atom is 0.190 e. The minimum absolute atomic E-state index is 0.463. The van der Waals surface area contributed by atoms with E-state index < -0.39 is 0 Å². The second-order valence-corrected chi connectivity index (χ2v) is 4.96. The number of anilines is 1. The molecule has 1 rings (SSSR count). The van der Waals surface area contributed by atoms with Crippen LogP contribution in [0.5, 0.6) is 0 Å². The Morgan fingerprint density at radius 2 is 2.11 bits per heavy atom. The highest BCUT2D eigenvalue weighted by atomic mass is 35.5. The van der Waals surface area contributed by atoms with Crippen molar-refractivity contribution >= 4 is 29.2 Å². The van der Waals surface area contributed by atoms with Crippen molar-refractivity contribution in [3.05, 3.63) is 11.2 Å². The monoisotopic (exact) mass is 305 g/mol. The third kappa shape index (κ3) is 7.57. The summed E-state index contributed by atoms with van der Waals surface area (Å²) in [6, 6.07) is 1.73. The maximum absolute atomic E-state index is 5.90. The van der Waals surface area contributed by atoms with Gasteiger partial charge in [0, 0.05) is 26.3 Å². The van der Waals surface area contributed by atoms with Gasteiger partial charge in [-0.15, -0.1) is 0 Å². The fraction of sp³-hybridized carbons (Fsp3) is 0.667. The lowest BCUT2D eigenvalue weighted by molar-refractivity contribution is 0.0691. The maximum atomic E-state index is 5.90. The molecule has 7 heteroatoms. The van der Waals surface area contributed by atoms with Crippen molar-refractivity contribution in [1.29, 1.82) is 0 Å². The van der Waals surface area contributed by atoms with Gasteiger partial charge in [-0.2, -0.15) is 0 Å². The van der Waals surface area contributed by atoms with Gasteiger partial charge in [0.15, 0.2) is 5.16 Å². The van der Waals surface area contributed by atoms with Gasteiger partial charge in [0.05, 0.1) is 13.2 Å². The SMILES string of the molecule is COCCOCCCCNc1cc(Cl)nc(SC)n1. The number of methoxy groups -OCH3 is 1. The summed E-state index contributed by atoms with van der Waals surface area (Å²) in [5.74, 6) is 0.768. The van der Waals surface area contributed by atoms with Crippen LogP contribution in [-0.2, 0) is 9.47 Å². The molecule has 19 heavy (non-hydrogen) atoms. The Labute approximate surface area is 123 Å². The van der Waals surface area contributed by atoms with Crippen molar-refractivity contribution in [3.8, 4) is 0 Å². The van der Waals surface area contributed by atoms with E-state index in [0.29, 0.717) is 23.5 Å². The summed E-state index contributed by atoms with van der Waals surface area (Å²) in [5.41, 5.74) is 0. The molecule has 1 heterocycles. The first-order valence-electron chi connectivity index (χ1n) is 6.15. The van der Waals surface area contributed by atoms with E-state index in [9.17, 15) is 0 Å². The molecule has 1 aromatic rings. The van der Waals surface area contributed by atoms with Crippen LogP contribution in [0, 0.1) is 0 Å². The molecule has 0 aliphatic rings. The molecule has 5 nitrogen and oxygen atoms in total. The van der Waals surface area contributed by atoms with Gasteiger partial charge in [-0.3, -0.25) is 0 Å². The molecule has 0 amide bonds. The Hall–Kier alpha value is -0.560. The van der Waals surface area contributed by atoms with E-state index in [-0.39, 0.29) is 0 Å². The molecular formula is C12H20ClN3O2S. The second kappa shape index (κ2) is 10.3. The quantitative estimate of drug-likeness (QED) is 0.310. The van der Waals surface area contributed by atoms with Gasteiger partial charge in [0.1, 0.15) is 11.0 Å². The van der Waals surface area contributed by atoms with Crippen LogP contribution in [0.3, 0.4) is 0 Å². The summed E-state index contributed by atoms with van der Waals surface area (Å²) >= 11 is 7.38. The number of nitrogens with zero attached hydrogens (tertiary/aromatic N) is 2. The Morgan fingerprint density at radius 1 is 1.26 bits per heavy atom. The zero-order chi connectivity index (χ0) is 13.9. The first-order chi connectivity index (χ1) is 9.26. The lowest BCUT2D eigenvalue weighted by Gasteiger charge is -2.07. The summed E-state index contributed by atoms with van der Waals surface area (Å²) in [6.07, 6.45) is 3.95. The average Bonchev–Trinajstić information content (AvgIpc) is 2.41. The van der Waals surface area contributed by atoms with Crippen molar-refractivity contribution < 1.29 is 9.47 Å². The van der Waals surface area contributed by atoms with Gasteiger partial charge >= 0.3 is 0 Å². The molecule has 1 N–H and O–H groups in total. The van der Waals surface area contributed by atoms with Crippen LogP contribution in [0.4, 0.5) is 5.82 Å². The van der Waals surface area contributed by atoms with Gasteiger partial charge in [-0.05, 0) is 19.1 Å². The van der Waals surface area contributed by atoms with Crippen LogP contribution in [0.15, 0.2) is 11.2 Å². The van der Waals surface area contributed by atoms with Gasteiger partial charge < -0.3 is 14.8 Å². The van der Waals surface area contributed by atoms with Crippen molar-refractivity contribution in [2.75, 3.05) is 45.0 Å². The van der Waals surface area contributed by atoms with Crippen LogP contribution in [0.2, 0.25) is 5.15 Å². The number of nitrogens with one attached hydrogen (secondary N) is 1. The van der Waals surface area contributed by atoms with Gasteiger partial charge in [0.25, 0.3) is 0 Å². The lowest BCUT2D eigenvalue weighted by atomic mass is 10.3. The number of rotatable bonds is 10. The molecule has 0 aliphatic heterocycles. The minimum Gasteiger partial charge on any atom is -0.382 e. The van der Waals surface area contributed by atoms with Crippen molar-refractivity contribution in [3.63, 3.8) is 0 Å². The minimum atomic E-state index is 0.463. The molecule has 0 bridgehead atoms. The second-order valence-electron chi connectivity index (χ2n) is 3.80. The normalized spacial score (nSPS) is 10.7. The first kappa shape index (κ1) is 16.5. The highest BCUT2D eigenvalue weighted by Gasteiger charge is 2.01. The largest absolute Gasteiger partial charge is 0.382 e. The zero-order valence-electron chi connectivity index (χ0n) is 11.3. The van der Waals surface area contributed by atoms with E-state index >= 15 is 0 Å². The summed E-state index contributed by atoms with van der Waals surface area (Å²) in [4.78, 5) is 8.40. The smallest absolute Gasteiger partial charge is 0.190 e. The third-order valence-electron chi connectivity index (χ3n) is 2.31. The standard InChI is InChI=1S/C12H20ClN3O2S/c1-17-7-8-18-6-4-3-5-14-11-9-10(13)15-12(16-11)19-2/h9H,3-8H2,1-2H3,(H,14,15,16). The number of ether oxygens (including phenoxy) is 2. The van der Waals surface area contributed by atoms with E-state index in [4.69, 9.17) is 21.1 Å². The molecule has 0 radical (unpaired) electrons. The fourth-order valence-electron chi connectivity index (χ4n) is 1.37. The molecule has 0 saturated heterocycles. The first-order valence-corrected chi connectivity index (χ1v) is 7.75. The van der Waals surface area contributed by atoms with E-state index in [1.54, 1.807) is 13.2 Å². The molecule has 0 atom stereocenters. The molecular weight excluding hydrogens is 286 g/mol. The van der Waals surface area contributed by atoms with Gasteiger partial charge in [-0.1, -0.05) is 23.4 Å². The molecule has 0 aliphatic carbocycles. The lowest BCUT2D eigenvalue weighted by Crippen LogP contribution is -2.07. The van der Waals surface area contributed by atoms with Crippen molar-refractivity contribution in [2.45, 2.75) is 18.0 Å². The Morgan fingerprint density at radius 3 is 2.84 bits per heavy atom. The third-order valence-corrected chi connectivity index (χ3v) is 3.05. The van der Waals surface area contributed by atoms with Crippen LogP contribution in [0.25, 0.3) is 0 Å². The number of thioether (sulfide) groups is 1. The molecule has 0 unspecified atom stereocenters. The predicted octanol–water partition coefficient (Wildman–Crippen LogP) is 2.71. The molecule has 0 spiro atoms. The summed E-state index contributed by atoms with van der Waals surface area (Å²) in [6.45, 7) is 2.90. The molecule has 108 valence electrons. The number of hydrogen-bond acceptors (Lipinski definition) is 6. The number of halogens is 1. The van der Waals surface area contributed by atoms with Crippen molar-refractivity contribution in [1.82, 2.24) is 9.97 Å². The molecule has 1 aromatic heterocycles. The highest BCUT2D eigenvalue weighted by Crippen LogP contribution is 2.17. The molecule has 0 saturated carbocycles. The number of unbranched alkanes of at least 4 members (excludes halogenated alkanes) is 1. The highest BCUT2D eigenvalue weighted by molar-refractivity contribution is 7.98.